The third kappa shape index (κ3) is 3.22. The summed E-state index contributed by atoms with van der Waals surface area (Å²) in [6.07, 6.45) is 0.104. The first-order valence-corrected chi connectivity index (χ1v) is 6.57. The number of aliphatic carboxylic acids is 1. The second-order valence-electron chi connectivity index (χ2n) is 5.60. The molecular weight excluding hydrogens is 260 g/mol. The molecule has 20 heavy (non-hydrogen) atoms. The van der Waals surface area contributed by atoms with Gasteiger partial charge in [0.2, 0.25) is 0 Å². The van der Waals surface area contributed by atoms with Crippen molar-refractivity contribution < 1.29 is 24.1 Å². The van der Waals surface area contributed by atoms with Crippen LogP contribution in [0.15, 0.2) is 18.2 Å². The number of carboxylic acid groups (broad SMARTS) is 1. The van der Waals surface area contributed by atoms with Gasteiger partial charge < -0.3 is 19.3 Å². The summed E-state index contributed by atoms with van der Waals surface area (Å²) in [7, 11) is 1.58. The van der Waals surface area contributed by atoms with Gasteiger partial charge in [-0.1, -0.05) is 19.9 Å². The van der Waals surface area contributed by atoms with E-state index in [0.29, 0.717) is 24.7 Å². The molecule has 5 nitrogen and oxygen atoms in total. The van der Waals surface area contributed by atoms with Gasteiger partial charge in [0, 0.05) is 5.41 Å². The summed E-state index contributed by atoms with van der Waals surface area (Å²) in [4.78, 5) is 11.0. The van der Waals surface area contributed by atoms with Gasteiger partial charge in [-0.3, -0.25) is 4.79 Å². The average molecular weight is 280 g/mol. The van der Waals surface area contributed by atoms with E-state index >= 15 is 0 Å². The van der Waals surface area contributed by atoms with Crippen LogP contribution in [-0.4, -0.2) is 37.5 Å². The van der Waals surface area contributed by atoms with Crippen LogP contribution in [0, 0.1) is 0 Å². The summed E-state index contributed by atoms with van der Waals surface area (Å²) in [6, 6.07) is 5.56. The Balaban J connectivity index is 2.25. The van der Waals surface area contributed by atoms with Crippen molar-refractivity contribution in [3.63, 3.8) is 0 Å². The Morgan fingerprint density at radius 3 is 2.60 bits per heavy atom. The first-order chi connectivity index (χ1) is 9.42. The van der Waals surface area contributed by atoms with Crippen LogP contribution in [0.3, 0.4) is 0 Å². The molecule has 0 spiro atoms. The summed E-state index contributed by atoms with van der Waals surface area (Å²) in [5.41, 5.74) is 0.447. The summed E-state index contributed by atoms with van der Waals surface area (Å²) in [5, 5.41) is 9.00. The number of ether oxygens (including phenoxy) is 3. The van der Waals surface area contributed by atoms with Crippen molar-refractivity contribution in [2.24, 2.45) is 0 Å². The Morgan fingerprint density at radius 1 is 1.40 bits per heavy atom. The maximum absolute atomic E-state index is 11.0. The van der Waals surface area contributed by atoms with E-state index in [4.69, 9.17) is 19.3 Å². The molecule has 1 fully saturated rings. The average Bonchev–Trinajstić information content (AvgIpc) is 2.32. The smallest absolute Gasteiger partial charge is 0.304 e. The molecule has 1 saturated heterocycles. The van der Waals surface area contributed by atoms with Crippen molar-refractivity contribution in [3.05, 3.63) is 23.8 Å². The molecule has 0 radical (unpaired) electrons. The molecule has 0 aliphatic carbocycles. The number of carbonyl (C=O) groups is 1. The molecule has 0 saturated carbocycles. The summed E-state index contributed by atoms with van der Waals surface area (Å²) in [5.74, 6) is 0.462. The molecule has 1 aromatic rings. The third-order valence-corrected chi connectivity index (χ3v) is 3.44. The first-order valence-electron chi connectivity index (χ1n) is 6.57. The molecular formula is C15H20O5. The number of benzene rings is 1. The highest BCUT2D eigenvalue weighted by Crippen LogP contribution is 2.36. The lowest BCUT2D eigenvalue weighted by atomic mass is 9.81. The van der Waals surface area contributed by atoms with Gasteiger partial charge in [0.1, 0.15) is 6.10 Å². The van der Waals surface area contributed by atoms with Crippen LogP contribution < -0.4 is 9.47 Å². The number of carboxylic acids is 1. The van der Waals surface area contributed by atoms with Crippen molar-refractivity contribution in [2.45, 2.75) is 31.8 Å². The summed E-state index contributed by atoms with van der Waals surface area (Å²) in [6.45, 7) is 4.95. The molecule has 0 amide bonds. The Labute approximate surface area is 118 Å². The van der Waals surface area contributed by atoms with E-state index in [9.17, 15) is 4.79 Å². The fourth-order valence-corrected chi connectivity index (χ4v) is 2.13. The maximum Gasteiger partial charge on any atom is 0.304 e. The molecule has 2 rings (SSSR count). The van der Waals surface area contributed by atoms with Gasteiger partial charge in [-0.05, 0) is 17.7 Å². The Bertz CT molecular complexity index is 491. The maximum atomic E-state index is 11.0. The van der Waals surface area contributed by atoms with Gasteiger partial charge in [0.05, 0.1) is 26.7 Å². The van der Waals surface area contributed by atoms with E-state index in [0.717, 1.165) is 5.56 Å². The molecule has 1 aliphatic heterocycles. The number of rotatable bonds is 6. The van der Waals surface area contributed by atoms with Crippen molar-refractivity contribution in [1.29, 1.82) is 0 Å². The Kier molecular flexibility index (Phi) is 4.18. The normalized spacial score (nSPS) is 15.6. The van der Waals surface area contributed by atoms with E-state index in [1.165, 1.54) is 0 Å². The van der Waals surface area contributed by atoms with Gasteiger partial charge in [0.15, 0.2) is 11.5 Å². The van der Waals surface area contributed by atoms with Crippen molar-refractivity contribution in [1.82, 2.24) is 0 Å². The zero-order chi connectivity index (χ0) is 14.8. The second-order valence-corrected chi connectivity index (χ2v) is 5.60. The molecule has 1 aromatic carbocycles. The quantitative estimate of drug-likeness (QED) is 0.865. The van der Waals surface area contributed by atoms with Crippen molar-refractivity contribution in [2.75, 3.05) is 20.3 Å². The lowest BCUT2D eigenvalue weighted by Gasteiger charge is -2.29. The zero-order valence-corrected chi connectivity index (χ0v) is 12.0. The fourth-order valence-electron chi connectivity index (χ4n) is 2.13. The monoisotopic (exact) mass is 280 g/mol. The topological polar surface area (TPSA) is 65.0 Å². The Hall–Kier alpha value is -1.75. The van der Waals surface area contributed by atoms with E-state index in [1.54, 1.807) is 7.11 Å². The summed E-state index contributed by atoms with van der Waals surface area (Å²) >= 11 is 0. The predicted octanol–water partition coefficient (Wildman–Crippen LogP) is 2.23. The molecule has 1 N–H and O–H groups in total. The van der Waals surface area contributed by atoms with Gasteiger partial charge in [0.25, 0.3) is 0 Å². The lowest BCUT2D eigenvalue weighted by molar-refractivity contribution is -0.138. The minimum Gasteiger partial charge on any atom is -0.493 e. The van der Waals surface area contributed by atoms with Gasteiger partial charge in [-0.2, -0.15) is 0 Å². The van der Waals surface area contributed by atoms with Crippen molar-refractivity contribution >= 4 is 5.97 Å². The zero-order valence-electron chi connectivity index (χ0n) is 12.0. The molecule has 5 heteroatoms. The number of hydrogen-bond donors (Lipinski definition) is 1. The highest BCUT2D eigenvalue weighted by molar-refractivity contribution is 5.69. The SMILES string of the molecule is COc1ccc(C(C)(C)CC(=O)O)cc1OC1COC1. The number of methoxy groups -OCH3 is 1. The standard InChI is InChI=1S/C15H20O5/c1-15(2,7-14(16)17)10-4-5-12(18-3)13(6-10)20-11-8-19-9-11/h4-6,11H,7-9H2,1-3H3,(H,16,17). The lowest BCUT2D eigenvalue weighted by Crippen LogP contribution is -2.38. The van der Waals surface area contributed by atoms with Gasteiger partial charge >= 0.3 is 5.97 Å². The van der Waals surface area contributed by atoms with Crippen LogP contribution in [-0.2, 0) is 14.9 Å². The van der Waals surface area contributed by atoms with Crippen LogP contribution in [0.1, 0.15) is 25.8 Å². The van der Waals surface area contributed by atoms with Gasteiger partial charge in [-0.25, -0.2) is 0 Å². The highest BCUT2D eigenvalue weighted by atomic mass is 16.6. The minimum atomic E-state index is -0.819. The Morgan fingerprint density at radius 2 is 2.10 bits per heavy atom. The molecule has 110 valence electrons. The van der Waals surface area contributed by atoms with Crippen LogP contribution in [0.5, 0.6) is 11.5 Å². The van der Waals surface area contributed by atoms with Gasteiger partial charge in [-0.15, -0.1) is 0 Å². The summed E-state index contributed by atoms with van der Waals surface area (Å²) < 4.78 is 16.2. The van der Waals surface area contributed by atoms with Crippen LogP contribution in [0.4, 0.5) is 0 Å². The van der Waals surface area contributed by atoms with E-state index in [-0.39, 0.29) is 12.5 Å². The van der Waals surface area contributed by atoms with Crippen LogP contribution in [0.2, 0.25) is 0 Å². The minimum absolute atomic E-state index is 0.0433. The second kappa shape index (κ2) is 5.71. The highest BCUT2D eigenvalue weighted by Gasteiger charge is 2.27. The molecule has 0 aromatic heterocycles. The third-order valence-electron chi connectivity index (χ3n) is 3.44. The molecule has 0 bridgehead atoms. The van der Waals surface area contributed by atoms with Crippen molar-refractivity contribution in [3.8, 4) is 11.5 Å². The largest absolute Gasteiger partial charge is 0.493 e. The van der Waals surface area contributed by atoms with Crippen LogP contribution >= 0.6 is 0 Å². The fraction of sp³-hybridized carbons (Fsp3) is 0.533. The van der Waals surface area contributed by atoms with E-state index in [1.807, 2.05) is 32.0 Å². The van der Waals surface area contributed by atoms with Crippen LogP contribution in [0.25, 0.3) is 0 Å². The predicted molar refractivity (Wildman–Crippen MR) is 73.5 cm³/mol. The van der Waals surface area contributed by atoms with E-state index in [2.05, 4.69) is 0 Å². The number of hydrogen-bond acceptors (Lipinski definition) is 4. The van der Waals surface area contributed by atoms with E-state index < -0.39 is 11.4 Å². The molecule has 0 atom stereocenters. The molecule has 0 unspecified atom stereocenters. The molecule has 1 aliphatic rings. The first kappa shape index (κ1) is 14.7. The molecule has 1 heterocycles.